The molecule has 2 aromatic rings. The zero-order chi connectivity index (χ0) is 21.2. The van der Waals surface area contributed by atoms with Crippen molar-refractivity contribution < 1.29 is 0 Å². The maximum absolute atomic E-state index is 4.73. The summed E-state index contributed by atoms with van der Waals surface area (Å²) in [5.74, 6) is 1.71. The van der Waals surface area contributed by atoms with Gasteiger partial charge in [-0.15, -0.1) is 24.0 Å². The molecule has 172 valence electrons. The van der Waals surface area contributed by atoms with Crippen LogP contribution in [-0.4, -0.2) is 58.3 Å². The first-order chi connectivity index (χ1) is 14.7. The molecule has 1 aliphatic rings. The van der Waals surface area contributed by atoms with Gasteiger partial charge in [0.05, 0.1) is 12.2 Å². The third-order valence-corrected chi connectivity index (χ3v) is 5.44. The fraction of sp³-hybridized carbons (Fsp3) is 0.609. The normalized spacial score (nSPS) is 15.3. The number of aryl methyl sites for hydroxylation is 2. The third kappa shape index (κ3) is 8.40. The fourth-order valence-electron chi connectivity index (χ4n) is 3.88. The number of rotatable bonds is 8. The highest BCUT2D eigenvalue weighted by Crippen LogP contribution is 2.11. The van der Waals surface area contributed by atoms with Crippen molar-refractivity contribution in [1.29, 1.82) is 0 Å². The molecule has 3 heterocycles. The molecule has 0 unspecified atom stereocenters. The standard InChI is InChI=1S/C23H37N7.HI/c1-4-24-23(25-12-9-15-29-13-7-5-6-8-14-29)27-18-21-10-11-22(26-17-21)30-20(3)16-19(2)28-30;/h10-11,16-17H,4-9,12-15,18H2,1-3H3,(H2,24,25,27);1H. The van der Waals surface area contributed by atoms with Crippen LogP contribution < -0.4 is 10.6 Å². The lowest BCUT2D eigenvalue weighted by Gasteiger charge is -2.20. The number of guanidine groups is 1. The van der Waals surface area contributed by atoms with Crippen molar-refractivity contribution in [3.05, 3.63) is 41.3 Å². The van der Waals surface area contributed by atoms with Crippen LogP contribution in [0.2, 0.25) is 0 Å². The van der Waals surface area contributed by atoms with Crippen molar-refractivity contribution in [2.75, 3.05) is 32.7 Å². The smallest absolute Gasteiger partial charge is 0.191 e. The Balaban J connectivity index is 0.00000341. The van der Waals surface area contributed by atoms with Crippen LogP contribution in [0.15, 0.2) is 29.4 Å². The molecule has 0 spiro atoms. The second-order valence-electron chi connectivity index (χ2n) is 8.09. The number of hydrogen-bond donors (Lipinski definition) is 2. The molecule has 0 bridgehead atoms. The largest absolute Gasteiger partial charge is 0.357 e. The number of likely N-dealkylation sites (tertiary alicyclic amines) is 1. The van der Waals surface area contributed by atoms with E-state index in [0.29, 0.717) is 6.54 Å². The van der Waals surface area contributed by atoms with Gasteiger partial charge in [-0.1, -0.05) is 18.9 Å². The molecule has 0 saturated carbocycles. The lowest BCUT2D eigenvalue weighted by atomic mass is 10.2. The van der Waals surface area contributed by atoms with Gasteiger partial charge in [-0.3, -0.25) is 0 Å². The van der Waals surface area contributed by atoms with Gasteiger partial charge in [0.1, 0.15) is 0 Å². The van der Waals surface area contributed by atoms with Gasteiger partial charge in [0.2, 0.25) is 0 Å². The predicted molar refractivity (Wildman–Crippen MR) is 139 cm³/mol. The Morgan fingerprint density at radius 1 is 1.10 bits per heavy atom. The quantitative estimate of drug-likeness (QED) is 0.231. The van der Waals surface area contributed by atoms with E-state index in [2.05, 4.69) is 44.7 Å². The summed E-state index contributed by atoms with van der Waals surface area (Å²) >= 11 is 0. The summed E-state index contributed by atoms with van der Waals surface area (Å²) in [6.07, 6.45) is 8.52. The zero-order valence-corrected chi connectivity index (χ0v) is 21.6. The lowest BCUT2D eigenvalue weighted by Crippen LogP contribution is -2.39. The molecule has 1 saturated heterocycles. The summed E-state index contributed by atoms with van der Waals surface area (Å²) < 4.78 is 1.87. The molecular weight excluding hydrogens is 501 g/mol. The number of pyridine rings is 1. The van der Waals surface area contributed by atoms with Gasteiger partial charge >= 0.3 is 0 Å². The van der Waals surface area contributed by atoms with E-state index >= 15 is 0 Å². The van der Waals surface area contributed by atoms with Crippen LogP contribution in [0.25, 0.3) is 5.82 Å². The summed E-state index contributed by atoms with van der Waals surface area (Å²) in [6.45, 7) is 12.2. The SMILES string of the molecule is CCNC(=NCc1ccc(-n2nc(C)cc2C)nc1)NCCCN1CCCCCC1.I. The van der Waals surface area contributed by atoms with Crippen molar-refractivity contribution >= 4 is 29.9 Å². The number of nitrogens with one attached hydrogen (secondary N) is 2. The molecule has 7 nitrogen and oxygen atoms in total. The zero-order valence-electron chi connectivity index (χ0n) is 19.2. The van der Waals surface area contributed by atoms with Gasteiger partial charge < -0.3 is 15.5 Å². The molecule has 1 fully saturated rings. The van der Waals surface area contributed by atoms with E-state index in [1.54, 1.807) is 0 Å². The van der Waals surface area contributed by atoms with Crippen molar-refractivity contribution in [3.63, 3.8) is 0 Å². The van der Waals surface area contributed by atoms with Gasteiger partial charge in [0.25, 0.3) is 0 Å². The molecule has 2 aromatic heterocycles. The fourth-order valence-corrected chi connectivity index (χ4v) is 3.88. The maximum atomic E-state index is 4.73. The number of aliphatic imine (C=N–C) groups is 1. The molecule has 31 heavy (non-hydrogen) atoms. The summed E-state index contributed by atoms with van der Waals surface area (Å²) in [5.41, 5.74) is 3.17. The molecule has 0 atom stereocenters. The highest BCUT2D eigenvalue weighted by atomic mass is 127. The van der Waals surface area contributed by atoms with Crippen LogP contribution in [0.3, 0.4) is 0 Å². The Morgan fingerprint density at radius 3 is 2.48 bits per heavy atom. The molecule has 3 rings (SSSR count). The van der Waals surface area contributed by atoms with Gasteiger partial charge in [0, 0.05) is 25.0 Å². The Hall–Kier alpha value is -1.68. The first-order valence-electron chi connectivity index (χ1n) is 11.4. The summed E-state index contributed by atoms with van der Waals surface area (Å²) in [7, 11) is 0. The Morgan fingerprint density at radius 2 is 1.87 bits per heavy atom. The second-order valence-corrected chi connectivity index (χ2v) is 8.09. The molecular formula is C23H38IN7. The molecule has 2 N–H and O–H groups in total. The van der Waals surface area contributed by atoms with E-state index in [1.165, 1.54) is 45.3 Å². The average molecular weight is 540 g/mol. The van der Waals surface area contributed by atoms with Gasteiger partial charge in [-0.2, -0.15) is 5.10 Å². The van der Waals surface area contributed by atoms with E-state index in [-0.39, 0.29) is 24.0 Å². The minimum Gasteiger partial charge on any atom is -0.357 e. The minimum absolute atomic E-state index is 0. The number of hydrogen-bond acceptors (Lipinski definition) is 4. The van der Waals surface area contributed by atoms with E-state index in [0.717, 1.165) is 48.2 Å². The van der Waals surface area contributed by atoms with Crippen LogP contribution >= 0.6 is 24.0 Å². The molecule has 0 aromatic carbocycles. The van der Waals surface area contributed by atoms with Gasteiger partial charge in [-0.05, 0) is 77.4 Å². The topological polar surface area (TPSA) is 70.4 Å². The number of nitrogens with zero attached hydrogens (tertiary/aromatic N) is 5. The van der Waals surface area contributed by atoms with E-state index in [9.17, 15) is 0 Å². The van der Waals surface area contributed by atoms with Crippen molar-refractivity contribution in [1.82, 2.24) is 30.3 Å². The van der Waals surface area contributed by atoms with Crippen molar-refractivity contribution in [3.8, 4) is 5.82 Å². The van der Waals surface area contributed by atoms with Crippen LogP contribution in [0.5, 0.6) is 0 Å². The number of aromatic nitrogens is 3. The monoisotopic (exact) mass is 539 g/mol. The van der Waals surface area contributed by atoms with Crippen LogP contribution in [0.1, 0.15) is 56.0 Å². The minimum atomic E-state index is 0. The molecule has 0 radical (unpaired) electrons. The van der Waals surface area contributed by atoms with E-state index < -0.39 is 0 Å². The average Bonchev–Trinajstić information content (AvgIpc) is 2.93. The number of halogens is 1. The lowest BCUT2D eigenvalue weighted by molar-refractivity contribution is 0.282. The molecule has 8 heteroatoms. The summed E-state index contributed by atoms with van der Waals surface area (Å²) in [4.78, 5) is 11.9. The first-order valence-corrected chi connectivity index (χ1v) is 11.4. The molecule has 1 aliphatic heterocycles. The summed E-state index contributed by atoms with van der Waals surface area (Å²) in [6, 6.07) is 6.14. The Kier molecular flexibility index (Phi) is 11.3. The van der Waals surface area contributed by atoms with Gasteiger partial charge in [0.15, 0.2) is 11.8 Å². The Labute approximate surface area is 204 Å². The third-order valence-electron chi connectivity index (χ3n) is 5.44. The van der Waals surface area contributed by atoms with Crippen LogP contribution in [-0.2, 0) is 6.54 Å². The molecule has 0 amide bonds. The van der Waals surface area contributed by atoms with Crippen LogP contribution in [0.4, 0.5) is 0 Å². The highest BCUT2D eigenvalue weighted by Gasteiger charge is 2.08. The van der Waals surface area contributed by atoms with Gasteiger partial charge in [-0.25, -0.2) is 14.7 Å². The highest BCUT2D eigenvalue weighted by molar-refractivity contribution is 14.0. The van der Waals surface area contributed by atoms with E-state index in [1.807, 2.05) is 30.8 Å². The maximum Gasteiger partial charge on any atom is 0.191 e. The van der Waals surface area contributed by atoms with Crippen molar-refractivity contribution in [2.45, 2.75) is 59.4 Å². The van der Waals surface area contributed by atoms with E-state index in [4.69, 9.17) is 4.99 Å². The summed E-state index contributed by atoms with van der Waals surface area (Å²) in [5, 5.41) is 11.3. The predicted octanol–water partition coefficient (Wildman–Crippen LogP) is 3.82. The van der Waals surface area contributed by atoms with Crippen LogP contribution in [0, 0.1) is 13.8 Å². The van der Waals surface area contributed by atoms with Crippen molar-refractivity contribution in [2.24, 2.45) is 4.99 Å². The molecule has 0 aliphatic carbocycles. The second kappa shape index (κ2) is 13.7. The first kappa shape index (κ1) is 25.6. The Bertz CT molecular complexity index is 793.